The van der Waals surface area contributed by atoms with Gasteiger partial charge >= 0.3 is 5.97 Å². The summed E-state index contributed by atoms with van der Waals surface area (Å²) in [7, 11) is 0. The second-order valence-corrected chi connectivity index (χ2v) is 8.42. The lowest BCUT2D eigenvalue weighted by molar-refractivity contribution is -0.172. The topological polar surface area (TPSA) is 63.6 Å². The van der Waals surface area contributed by atoms with E-state index in [-0.39, 0.29) is 35.2 Å². The van der Waals surface area contributed by atoms with E-state index in [0.29, 0.717) is 12.3 Å². The number of ether oxygens (including phenoxy) is 1. The average Bonchev–Trinajstić information content (AvgIpc) is 2.78. The Balaban J connectivity index is 1.80. The number of carbonyl (C=O) groups is 2. The number of hydrogen-bond acceptors (Lipinski definition) is 3. The molecule has 4 fully saturated rings. The Labute approximate surface area is 130 Å². The van der Waals surface area contributed by atoms with Gasteiger partial charge in [0.1, 0.15) is 0 Å². The van der Waals surface area contributed by atoms with Crippen LogP contribution in [0.15, 0.2) is 11.6 Å². The lowest BCUT2D eigenvalue weighted by atomic mass is 9.49. The van der Waals surface area contributed by atoms with Gasteiger partial charge < -0.3 is 9.84 Å². The molecule has 1 N–H and O–H groups in total. The second-order valence-electron chi connectivity index (χ2n) is 8.42. The first-order valence-electron chi connectivity index (χ1n) is 8.34. The van der Waals surface area contributed by atoms with Crippen LogP contribution in [0.2, 0.25) is 0 Å². The Bertz CT molecular complexity index is 608. The van der Waals surface area contributed by atoms with Gasteiger partial charge in [-0.1, -0.05) is 12.5 Å². The summed E-state index contributed by atoms with van der Waals surface area (Å²) in [5.74, 6) is 0.0101. The number of ketones is 1. The number of allylic oxidation sites excluding steroid dienone is 2. The van der Waals surface area contributed by atoms with E-state index in [1.165, 1.54) is 5.57 Å². The molecule has 5 rings (SSSR count). The smallest absolute Gasteiger partial charge is 0.303 e. The van der Waals surface area contributed by atoms with Gasteiger partial charge in [0.25, 0.3) is 0 Å². The van der Waals surface area contributed by atoms with E-state index in [0.717, 1.165) is 19.3 Å². The minimum atomic E-state index is -0.825. The number of hydrogen-bond donors (Lipinski definition) is 1. The molecule has 2 heterocycles. The van der Waals surface area contributed by atoms with Gasteiger partial charge in [-0.3, -0.25) is 9.59 Å². The van der Waals surface area contributed by atoms with Gasteiger partial charge in [-0.05, 0) is 51.5 Å². The van der Waals surface area contributed by atoms with Crippen molar-refractivity contribution in [3.63, 3.8) is 0 Å². The third-order valence-corrected chi connectivity index (χ3v) is 7.29. The van der Waals surface area contributed by atoms with Gasteiger partial charge in [0.2, 0.25) is 0 Å². The fraction of sp³-hybridized carbons (Fsp3) is 0.778. The van der Waals surface area contributed by atoms with Gasteiger partial charge in [-0.25, -0.2) is 0 Å². The molecule has 5 aliphatic rings. The second kappa shape index (κ2) is 4.02. The molecule has 22 heavy (non-hydrogen) atoms. The molecule has 6 atom stereocenters. The molecule has 4 nitrogen and oxygen atoms in total. The van der Waals surface area contributed by atoms with Crippen molar-refractivity contribution in [3.05, 3.63) is 11.6 Å². The Morgan fingerprint density at radius 1 is 1.45 bits per heavy atom. The zero-order valence-electron chi connectivity index (χ0n) is 13.5. The molecule has 0 amide bonds. The summed E-state index contributed by atoms with van der Waals surface area (Å²) in [5.41, 5.74) is 0.628. The van der Waals surface area contributed by atoms with Crippen molar-refractivity contribution in [2.75, 3.05) is 0 Å². The van der Waals surface area contributed by atoms with Crippen LogP contribution < -0.4 is 0 Å². The molecule has 0 aromatic heterocycles. The first-order chi connectivity index (χ1) is 10.2. The van der Waals surface area contributed by atoms with E-state index < -0.39 is 11.4 Å². The first-order valence-corrected chi connectivity index (χ1v) is 8.34. The highest BCUT2D eigenvalue weighted by molar-refractivity contribution is 5.97. The van der Waals surface area contributed by atoms with Gasteiger partial charge in [0.15, 0.2) is 5.78 Å². The summed E-state index contributed by atoms with van der Waals surface area (Å²) >= 11 is 0. The van der Waals surface area contributed by atoms with Crippen LogP contribution in [0.3, 0.4) is 0 Å². The van der Waals surface area contributed by atoms with E-state index in [2.05, 4.69) is 13.8 Å². The van der Waals surface area contributed by atoms with Crippen LogP contribution >= 0.6 is 0 Å². The van der Waals surface area contributed by atoms with E-state index in [9.17, 15) is 9.59 Å². The highest BCUT2D eigenvalue weighted by atomic mass is 16.5. The molecule has 2 aliphatic heterocycles. The third-order valence-electron chi connectivity index (χ3n) is 7.29. The van der Waals surface area contributed by atoms with Gasteiger partial charge in [0, 0.05) is 23.2 Å². The SMILES string of the molecule is CC1=CC(=O)C(C)(CCC(=O)O)C2C3CC4CC12CC4(C)O3. The summed E-state index contributed by atoms with van der Waals surface area (Å²) < 4.78 is 6.38. The molecule has 0 aromatic rings. The quantitative estimate of drug-likeness (QED) is 0.870. The van der Waals surface area contributed by atoms with Crippen LogP contribution in [0.25, 0.3) is 0 Å². The van der Waals surface area contributed by atoms with Gasteiger partial charge in [-0.2, -0.15) is 0 Å². The molecular formula is C18H24O4. The Kier molecular flexibility index (Phi) is 2.64. The van der Waals surface area contributed by atoms with Crippen LogP contribution in [0, 0.1) is 22.7 Å². The minimum Gasteiger partial charge on any atom is -0.481 e. The molecule has 2 saturated carbocycles. The van der Waals surface area contributed by atoms with Crippen molar-refractivity contribution in [2.24, 2.45) is 22.7 Å². The summed E-state index contributed by atoms with van der Waals surface area (Å²) in [6.45, 7) is 6.30. The number of carbonyl (C=O) groups excluding carboxylic acids is 1. The normalized spacial score (nSPS) is 51.9. The maximum absolute atomic E-state index is 12.8. The monoisotopic (exact) mass is 304 g/mol. The molecule has 120 valence electrons. The van der Waals surface area contributed by atoms with Crippen molar-refractivity contribution in [2.45, 2.75) is 64.6 Å². The summed E-state index contributed by atoms with van der Waals surface area (Å²) in [5, 5.41) is 9.08. The molecule has 0 aromatic carbocycles. The predicted octanol–water partition coefficient (Wildman–Crippen LogP) is 2.96. The molecule has 0 radical (unpaired) electrons. The Hall–Kier alpha value is -1.16. The predicted molar refractivity (Wildman–Crippen MR) is 80.3 cm³/mol. The fourth-order valence-electron chi connectivity index (χ4n) is 6.31. The summed E-state index contributed by atoms with van der Waals surface area (Å²) in [4.78, 5) is 23.8. The van der Waals surface area contributed by atoms with Crippen molar-refractivity contribution in [1.29, 1.82) is 0 Å². The summed E-state index contributed by atoms with van der Waals surface area (Å²) in [6, 6.07) is 0. The summed E-state index contributed by atoms with van der Waals surface area (Å²) in [6.07, 6.45) is 5.52. The maximum atomic E-state index is 12.8. The van der Waals surface area contributed by atoms with Crippen LogP contribution in [-0.4, -0.2) is 28.6 Å². The van der Waals surface area contributed by atoms with Crippen molar-refractivity contribution in [3.8, 4) is 0 Å². The average molecular weight is 304 g/mol. The molecule has 4 heteroatoms. The molecular weight excluding hydrogens is 280 g/mol. The van der Waals surface area contributed by atoms with Crippen molar-refractivity contribution in [1.82, 2.24) is 0 Å². The standard InChI is InChI=1S/C18H24O4/c1-10-6-13(19)16(2,5-4-14(20)21)15-12-7-11-8-18(10,15)9-17(11,3)22-12/h6,11-12,15H,4-5,7-9H2,1-3H3,(H,20,21). The molecule has 1 spiro atoms. The largest absolute Gasteiger partial charge is 0.481 e. The minimum absolute atomic E-state index is 0.0373. The van der Waals surface area contributed by atoms with Crippen molar-refractivity contribution >= 4 is 11.8 Å². The van der Waals surface area contributed by atoms with E-state index >= 15 is 0 Å². The molecule has 6 unspecified atom stereocenters. The lowest BCUT2D eigenvalue weighted by Crippen LogP contribution is -2.57. The fourth-order valence-corrected chi connectivity index (χ4v) is 6.31. The Morgan fingerprint density at radius 2 is 2.18 bits per heavy atom. The van der Waals surface area contributed by atoms with E-state index in [4.69, 9.17) is 9.84 Å². The van der Waals surface area contributed by atoms with Crippen LogP contribution in [0.4, 0.5) is 0 Å². The number of carboxylic acids is 1. The van der Waals surface area contributed by atoms with Crippen molar-refractivity contribution < 1.29 is 19.4 Å². The highest BCUT2D eigenvalue weighted by Crippen LogP contribution is 2.73. The molecule has 3 aliphatic carbocycles. The van der Waals surface area contributed by atoms with Gasteiger partial charge in [-0.15, -0.1) is 0 Å². The number of rotatable bonds is 3. The van der Waals surface area contributed by atoms with Crippen LogP contribution in [0.1, 0.15) is 52.9 Å². The maximum Gasteiger partial charge on any atom is 0.303 e. The first kappa shape index (κ1) is 14.4. The van der Waals surface area contributed by atoms with E-state index in [1.54, 1.807) is 0 Å². The number of aliphatic carboxylic acids is 1. The molecule has 2 saturated heterocycles. The Morgan fingerprint density at radius 3 is 2.82 bits per heavy atom. The van der Waals surface area contributed by atoms with Crippen LogP contribution in [-0.2, 0) is 14.3 Å². The van der Waals surface area contributed by atoms with Crippen LogP contribution in [0.5, 0.6) is 0 Å². The lowest BCUT2D eigenvalue weighted by Gasteiger charge is -2.57. The zero-order chi connectivity index (χ0) is 15.9. The highest BCUT2D eigenvalue weighted by Gasteiger charge is 2.72. The number of carboxylic acid groups (broad SMARTS) is 1. The molecule has 4 bridgehead atoms. The van der Waals surface area contributed by atoms with E-state index in [1.807, 2.05) is 13.0 Å². The third kappa shape index (κ3) is 1.52. The zero-order valence-corrected chi connectivity index (χ0v) is 13.5. The van der Waals surface area contributed by atoms with Gasteiger partial charge in [0.05, 0.1) is 11.7 Å².